The Morgan fingerprint density at radius 2 is 1.69 bits per heavy atom. The van der Waals surface area contributed by atoms with Crippen LogP contribution in [0.25, 0.3) is 0 Å². The fraction of sp³-hybridized carbons (Fsp3) is 0.286. The maximum absolute atomic E-state index is 13.8. The molecule has 2 aromatic rings. The van der Waals surface area contributed by atoms with Crippen molar-refractivity contribution in [3.8, 4) is 5.75 Å². The van der Waals surface area contributed by atoms with Gasteiger partial charge in [0.1, 0.15) is 17.4 Å². The van der Waals surface area contributed by atoms with Gasteiger partial charge < -0.3 is 15.0 Å². The minimum atomic E-state index is -0.903. The summed E-state index contributed by atoms with van der Waals surface area (Å²) in [5, 5.41) is 2.62. The van der Waals surface area contributed by atoms with Gasteiger partial charge >= 0.3 is 5.97 Å². The third-order valence-electron chi connectivity index (χ3n) is 4.67. The second-order valence-corrected chi connectivity index (χ2v) is 6.82. The molecule has 2 amide bonds. The molecule has 1 fully saturated rings. The zero-order valence-corrected chi connectivity index (χ0v) is 15.8. The van der Waals surface area contributed by atoms with Crippen LogP contribution in [0.1, 0.15) is 30.1 Å². The van der Waals surface area contributed by atoms with Crippen molar-refractivity contribution in [1.29, 1.82) is 0 Å². The van der Waals surface area contributed by atoms with Gasteiger partial charge in [0.2, 0.25) is 5.91 Å². The highest BCUT2D eigenvalue weighted by Gasteiger charge is 2.30. The summed E-state index contributed by atoms with van der Waals surface area (Å²) in [4.78, 5) is 37.3. The van der Waals surface area contributed by atoms with Crippen LogP contribution < -0.4 is 10.1 Å². The lowest BCUT2D eigenvalue weighted by Crippen LogP contribution is -2.41. The van der Waals surface area contributed by atoms with Gasteiger partial charge in [-0.2, -0.15) is 0 Å². The highest BCUT2D eigenvalue weighted by atomic mass is 19.1. The second kappa shape index (κ2) is 8.81. The summed E-state index contributed by atoms with van der Waals surface area (Å²) >= 11 is 0. The van der Waals surface area contributed by atoms with E-state index in [1.54, 1.807) is 24.3 Å². The largest absolute Gasteiger partial charge is 0.426 e. The van der Waals surface area contributed by atoms with Crippen molar-refractivity contribution in [2.75, 3.05) is 18.4 Å². The van der Waals surface area contributed by atoms with Crippen LogP contribution >= 0.6 is 0 Å². The molecule has 6 nitrogen and oxygen atoms in total. The summed E-state index contributed by atoms with van der Waals surface area (Å²) < 4.78 is 32.2. The minimum absolute atomic E-state index is 0.188. The van der Waals surface area contributed by atoms with Crippen molar-refractivity contribution in [3.05, 3.63) is 59.7 Å². The van der Waals surface area contributed by atoms with Crippen molar-refractivity contribution < 1.29 is 27.9 Å². The van der Waals surface area contributed by atoms with Crippen molar-refractivity contribution in [2.24, 2.45) is 5.92 Å². The summed E-state index contributed by atoms with van der Waals surface area (Å²) in [6, 6.07) is 9.26. The van der Waals surface area contributed by atoms with Crippen LogP contribution in [0.15, 0.2) is 42.5 Å². The Balaban J connectivity index is 1.54. The summed E-state index contributed by atoms with van der Waals surface area (Å²) in [5.41, 5.74) is 0.406. The van der Waals surface area contributed by atoms with Crippen LogP contribution in [0.5, 0.6) is 5.75 Å². The van der Waals surface area contributed by atoms with E-state index in [4.69, 9.17) is 4.74 Å². The fourth-order valence-corrected chi connectivity index (χ4v) is 3.16. The van der Waals surface area contributed by atoms with E-state index in [2.05, 4.69) is 5.32 Å². The van der Waals surface area contributed by atoms with Gasteiger partial charge in [-0.05, 0) is 49.2 Å². The number of esters is 1. The average Bonchev–Trinajstić information content (AvgIpc) is 2.69. The molecule has 0 unspecified atom stereocenters. The number of amides is 2. The molecule has 1 saturated heterocycles. The number of halogens is 2. The van der Waals surface area contributed by atoms with E-state index >= 15 is 0 Å². The minimum Gasteiger partial charge on any atom is -0.426 e. The zero-order valence-electron chi connectivity index (χ0n) is 15.8. The second-order valence-electron chi connectivity index (χ2n) is 6.82. The Hall–Kier alpha value is -3.29. The van der Waals surface area contributed by atoms with E-state index < -0.39 is 23.5 Å². The molecule has 0 atom stereocenters. The first-order chi connectivity index (χ1) is 13.8. The number of hydrogen-bond acceptors (Lipinski definition) is 4. The number of carbonyl (C=O) groups is 3. The quantitative estimate of drug-likeness (QED) is 0.628. The molecule has 3 rings (SSSR count). The van der Waals surface area contributed by atoms with Crippen LogP contribution in [-0.2, 0) is 9.59 Å². The summed E-state index contributed by atoms with van der Waals surface area (Å²) in [7, 11) is 0. The van der Waals surface area contributed by atoms with E-state index in [9.17, 15) is 23.2 Å². The molecule has 1 aliphatic heterocycles. The number of hydrogen-bond donors (Lipinski definition) is 1. The molecule has 0 radical (unpaired) electrons. The van der Waals surface area contributed by atoms with Crippen LogP contribution in [0, 0.1) is 17.6 Å². The van der Waals surface area contributed by atoms with Crippen molar-refractivity contribution in [3.63, 3.8) is 0 Å². The molecule has 1 N–H and O–H groups in total. The van der Waals surface area contributed by atoms with E-state index in [0.29, 0.717) is 30.3 Å². The molecule has 1 aliphatic rings. The Morgan fingerprint density at radius 3 is 2.28 bits per heavy atom. The standard InChI is InChI=1S/C21H20F2N2O4/c1-13(26)24-16-3-5-17(6-4-16)29-21(28)14-8-10-25(11-9-14)20(27)18-7-2-15(22)12-19(18)23/h2-7,12,14H,8-11H2,1H3,(H,24,26). The van der Waals surface area contributed by atoms with Gasteiger partial charge in [0.05, 0.1) is 11.5 Å². The number of piperidine rings is 1. The number of carbonyl (C=O) groups excluding carboxylic acids is 3. The van der Waals surface area contributed by atoms with E-state index in [1.807, 2.05) is 0 Å². The van der Waals surface area contributed by atoms with Crippen molar-refractivity contribution >= 4 is 23.5 Å². The van der Waals surface area contributed by atoms with E-state index in [0.717, 1.165) is 12.1 Å². The van der Waals surface area contributed by atoms with E-state index in [1.165, 1.54) is 11.8 Å². The summed E-state index contributed by atoms with van der Waals surface area (Å²) in [6.45, 7) is 1.95. The molecule has 0 aromatic heterocycles. The van der Waals surface area contributed by atoms with Crippen LogP contribution in [0.3, 0.4) is 0 Å². The Labute approximate surface area is 166 Å². The normalized spacial score (nSPS) is 14.4. The monoisotopic (exact) mass is 402 g/mol. The first-order valence-corrected chi connectivity index (χ1v) is 9.17. The smallest absolute Gasteiger partial charge is 0.314 e. The number of likely N-dealkylation sites (tertiary alicyclic amines) is 1. The lowest BCUT2D eigenvalue weighted by molar-refractivity contribution is -0.140. The molecule has 8 heteroatoms. The molecule has 2 aromatic carbocycles. The van der Waals surface area contributed by atoms with E-state index in [-0.39, 0.29) is 30.5 Å². The predicted octanol–water partition coefficient (Wildman–Crippen LogP) is 3.38. The molecule has 152 valence electrons. The number of benzene rings is 2. The zero-order chi connectivity index (χ0) is 21.0. The third kappa shape index (κ3) is 5.16. The van der Waals surface area contributed by atoms with Gasteiger partial charge in [-0.25, -0.2) is 8.78 Å². The highest BCUT2D eigenvalue weighted by Crippen LogP contribution is 2.23. The van der Waals surface area contributed by atoms with Crippen molar-refractivity contribution in [1.82, 2.24) is 4.90 Å². The molecule has 0 aliphatic carbocycles. The molecule has 0 bridgehead atoms. The topological polar surface area (TPSA) is 75.7 Å². The molecular formula is C21H20F2N2O4. The summed E-state index contributed by atoms with van der Waals surface area (Å²) in [6.07, 6.45) is 0.773. The first-order valence-electron chi connectivity index (χ1n) is 9.17. The first kappa shape index (κ1) is 20.4. The molecular weight excluding hydrogens is 382 g/mol. The number of rotatable bonds is 4. The number of ether oxygens (including phenoxy) is 1. The van der Waals surface area contributed by atoms with Crippen LogP contribution in [0.2, 0.25) is 0 Å². The van der Waals surface area contributed by atoms with Crippen molar-refractivity contribution in [2.45, 2.75) is 19.8 Å². The highest BCUT2D eigenvalue weighted by molar-refractivity contribution is 5.94. The SMILES string of the molecule is CC(=O)Nc1ccc(OC(=O)C2CCN(C(=O)c3ccc(F)cc3F)CC2)cc1. The molecule has 29 heavy (non-hydrogen) atoms. The maximum Gasteiger partial charge on any atom is 0.314 e. The average molecular weight is 402 g/mol. The van der Waals surface area contributed by atoms with Gasteiger partial charge in [-0.15, -0.1) is 0 Å². The predicted molar refractivity (Wildman–Crippen MR) is 101 cm³/mol. The molecule has 0 saturated carbocycles. The molecule has 0 spiro atoms. The number of nitrogens with one attached hydrogen (secondary N) is 1. The van der Waals surface area contributed by atoms with Gasteiger partial charge in [0, 0.05) is 31.8 Å². The lowest BCUT2D eigenvalue weighted by atomic mass is 9.96. The Bertz CT molecular complexity index is 923. The van der Waals surface area contributed by atoms with Gasteiger partial charge in [0.25, 0.3) is 5.91 Å². The van der Waals surface area contributed by atoms with Gasteiger partial charge in [0.15, 0.2) is 0 Å². The Morgan fingerprint density at radius 1 is 1.03 bits per heavy atom. The van der Waals surface area contributed by atoms with Crippen LogP contribution in [-0.4, -0.2) is 35.8 Å². The maximum atomic E-state index is 13.8. The molecule has 1 heterocycles. The fourth-order valence-electron chi connectivity index (χ4n) is 3.16. The number of nitrogens with zero attached hydrogens (tertiary/aromatic N) is 1. The number of anilines is 1. The van der Waals surface area contributed by atoms with Gasteiger partial charge in [-0.1, -0.05) is 0 Å². The van der Waals surface area contributed by atoms with Crippen LogP contribution in [0.4, 0.5) is 14.5 Å². The summed E-state index contributed by atoms with van der Waals surface area (Å²) in [5.74, 6) is -2.80. The third-order valence-corrected chi connectivity index (χ3v) is 4.67. The lowest BCUT2D eigenvalue weighted by Gasteiger charge is -2.31. The Kier molecular flexibility index (Phi) is 6.21. The van der Waals surface area contributed by atoms with Gasteiger partial charge in [-0.3, -0.25) is 14.4 Å².